The van der Waals surface area contributed by atoms with Gasteiger partial charge in [-0.05, 0) is 43.3 Å². The molecule has 0 radical (unpaired) electrons. The lowest BCUT2D eigenvalue weighted by molar-refractivity contribution is -0.137. The lowest BCUT2D eigenvalue weighted by Gasteiger charge is -2.19. The maximum atomic E-state index is 12.7. The van der Waals surface area contributed by atoms with Crippen LogP contribution in [0.25, 0.3) is 0 Å². The van der Waals surface area contributed by atoms with Crippen LogP contribution in [0.4, 0.5) is 18.9 Å². The van der Waals surface area contributed by atoms with Crippen LogP contribution in [0.15, 0.2) is 42.5 Å². The van der Waals surface area contributed by atoms with Crippen molar-refractivity contribution in [1.82, 2.24) is 0 Å². The van der Waals surface area contributed by atoms with E-state index in [2.05, 4.69) is 5.32 Å². The molecular weight excluding hydrogens is 379 g/mol. The molecule has 1 atom stereocenters. The maximum absolute atomic E-state index is 12.7. The molecule has 1 amide bonds. The normalized spacial score (nSPS) is 14.1. The molecule has 2 aromatic carbocycles. The molecule has 0 fully saturated rings. The lowest BCUT2D eigenvalue weighted by atomic mass is 10.2. The van der Waals surface area contributed by atoms with E-state index in [-0.39, 0.29) is 11.3 Å². The van der Waals surface area contributed by atoms with Gasteiger partial charge in [-0.25, -0.2) is 4.79 Å². The summed E-state index contributed by atoms with van der Waals surface area (Å²) >= 11 is 0. The number of hydrogen-bond acceptors (Lipinski definition) is 5. The quantitative estimate of drug-likeness (QED) is 0.800. The molecule has 0 saturated heterocycles. The van der Waals surface area contributed by atoms with Gasteiger partial charge in [-0.15, -0.1) is 0 Å². The summed E-state index contributed by atoms with van der Waals surface area (Å²) in [6.07, 6.45) is -5.76. The summed E-state index contributed by atoms with van der Waals surface area (Å²) in [5, 5.41) is 2.30. The summed E-state index contributed by atoms with van der Waals surface area (Å²) in [4.78, 5) is 24.4. The summed E-state index contributed by atoms with van der Waals surface area (Å²) in [5.41, 5.74) is -0.795. The number of benzene rings is 2. The molecule has 0 unspecified atom stereocenters. The van der Waals surface area contributed by atoms with Crippen LogP contribution in [0.1, 0.15) is 22.8 Å². The summed E-state index contributed by atoms with van der Waals surface area (Å²) in [5.74, 6) is -0.645. The number of ether oxygens (including phenoxy) is 3. The van der Waals surface area contributed by atoms with Gasteiger partial charge in [-0.3, -0.25) is 4.79 Å². The second-order valence-electron chi connectivity index (χ2n) is 5.97. The first-order valence-corrected chi connectivity index (χ1v) is 8.33. The third kappa shape index (κ3) is 4.54. The molecule has 1 heterocycles. The number of hydrogen-bond donors (Lipinski definition) is 1. The topological polar surface area (TPSA) is 73.9 Å². The van der Waals surface area contributed by atoms with Gasteiger partial charge in [-0.2, -0.15) is 13.2 Å². The Labute approximate surface area is 158 Å². The molecule has 1 N–H and O–H groups in total. The van der Waals surface area contributed by atoms with Gasteiger partial charge in [0.15, 0.2) is 17.6 Å². The number of amides is 1. The molecule has 0 aromatic heterocycles. The first-order valence-electron chi connectivity index (χ1n) is 8.33. The highest BCUT2D eigenvalue weighted by Gasteiger charge is 2.30. The summed E-state index contributed by atoms with van der Waals surface area (Å²) in [6.45, 7) is 2.07. The van der Waals surface area contributed by atoms with Crippen LogP contribution in [-0.4, -0.2) is 31.2 Å². The van der Waals surface area contributed by atoms with E-state index in [1.807, 2.05) is 0 Å². The van der Waals surface area contributed by atoms with Crippen molar-refractivity contribution in [1.29, 1.82) is 0 Å². The number of fused-ring (bicyclic) bond motifs is 1. The second-order valence-corrected chi connectivity index (χ2v) is 5.97. The van der Waals surface area contributed by atoms with Gasteiger partial charge in [0, 0.05) is 5.69 Å². The Balaban J connectivity index is 1.63. The largest absolute Gasteiger partial charge is 0.486 e. The highest BCUT2D eigenvalue weighted by Crippen LogP contribution is 2.32. The van der Waals surface area contributed by atoms with Crippen molar-refractivity contribution in [3.05, 3.63) is 53.6 Å². The van der Waals surface area contributed by atoms with E-state index in [9.17, 15) is 22.8 Å². The lowest BCUT2D eigenvalue weighted by Crippen LogP contribution is -2.30. The SMILES string of the molecule is C[C@@H](OC(=O)c1ccc2c(c1)OCCO2)C(=O)Nc1cccc(C(F)(F)F)c1. The minimum atomic E-state index is -4.53. The van der Waals surface area contributed by atoms with E-state index in [1.54, 1.807) is 6.07 Å². The molecule has 1 aliphatic heterocycles. The Morgan fingerprint density at radius 3 is 2.50 bits per heavy atom. The molecule has 148 valence electrons. The van der Waals surface area contributed by atoms with Crippen LogP contribution >= 0.6 is 0 Å². The third-order valence-corrected chi connectivity index (χ3v) is 3.89. The Hall–Kier alpha value is -3.23. The van der Waals surface area contributed by atoms with E-state index >= 15 is 0 Å². The molecule has 2 aromatic rings. The van der Waals surface area contributed by atoms with Crippen LogP contribution in [0, 0.1) is 0 Å². The molecule has 0 spiro atoms. The molecule has 6 nitrogen and oxygen atoms in total. The van der Waals surface area contributed by atoms with E-state index < -0.39 is 29.7 Å². The number of carbonyl (C=O) groups is 2. The molecule has 0 bridgehead atoms. The number of anilines is 1. The molecule has 0 aliphatic carbocycles. The molecule has 0 saturated carbocycles. The van der Waals surface area contributed by atoms with Gasteiger partial charge in [0.25, 0.3) is 5.91 Å². The van der Waals surface area contributed by atoms with Gasteiger partial charge in [0.05, 0.1) is 11.1 Å². The fraction of sp³-hybridized carbons (Fsp3) is 0.263. The molecule has 28 heavy (non-hydrogen) atoms. The van der Waals surface area contributed by atoms with Crippen LogP contribution in [-0.2, 0) is 15.7 Å². The Bertz CT molecular complexity index is 897. The van der Waals surface area contributed by atoms with Gasteiger partial charge < -0.3 is 19.5 Å². The van der Waals surface area contributed by atoms with Crippen molar-refractivity contribution in [2.75, 3.05) is 18.5 Å². The predicted octanol–water partition coefficient (Wildman–Crippen LogP) is 3.66. The molecule has 3 rings (SSSR count). The van der Waals surface area contributed by atoms with E-state index in [1.165, 1.54) is 31.2 Å². The number of esters is 1. The Kier molecular flexibility index (Phi) is 5.43. The van der Waals surface area contributed by atoms with Crippen molar-refractivity contribution < 1.29 is 37.0 Å². The first-order chi connectivity index (χ1) is 13.2. The second kappa shape index (κ2) is 7.79. The number of alkyl halides is 3. The van der Waals surface area contributed by atoms with Crippen LogP contribution < -0.4 is 14.8 Å². The smallest absolute Gasteiger partial charge is 0.416 e. The minimum Gasteiger partial charge on any atom is -0.486 e. The van der Waals surface area contributed by atoms with E-state index in [0.717, 1.165) is 12.1 Å². The highest BCUT2D eigenvalue weighted by molar-refractivity contribution is 5.97. The van der Waals surface area contributed by atoms with Crippen LogP contribution in [0.5, 0.6) is 11.5 Å². The zero-order chi connectivity index (χ0) is 20.3. The fourth-order valence-corrected chi connectivity index (χ4v) is 2.47. The van der Waals surface area contributed by atoms with Crippen LogP contribution in [0.3, 0.4) is 0 Å². The van der Waals surface area contributed by atoms with Gasteiger partial charge in [0.1, 0.15) is 13.2 Å². The predicted molar refractivity (Wildman–Crippen MR) is 92.4 cm³/mol. The van der Waals surface area contributed by atoms with Crippen molar-refractivity contribution in [3.8, 4) is 11.5 Å². The standard InChI is InChI=1S/C19H16F3NO5/c1-11(17(24)23-14-4-2-3-13(10-14)19(20,21)22)28-18(25)12-5-6-15-16(9-12)27-8-7-26-15/h2-6,9-11H,7-8H2,1H3,(H,23,24)/t11-/m1/s1. The molecule has 1 aliphatic rings. The van der Waals surface area contributed by atoms with E-state index in [4.69, 9.17) is 14.2 Å². The monoisotopic (exact) mass is 395 g/mol. The number of nitrogens with one attached hydrogen (secondary N) is 1. The average Bonchev–Trinajstić information content (AvgIpc) is 2.67. The number of rotatable bonds is 4. The Morgan fingerprint density at radius 1 is 1.07 bits per heavy atom. The van der Waals surface area contributed by atoms with Gasteiger partial charge >= 0.3 is 12.1 Å². The average molecular weight is 395 g/mol. The first kappa shape index (κ1) is 19.5. The zero-order valence-corrected chi connectivity index (χ0v) is 14.7. The van der Waals surface area contributed by atoms with E-state index in [0.29, 0.717) is 24.7 Å². The number of carbonyl (C=O) groups excluding carboxylic acids is 2. The highest BCUT2D eigenvalue weighted by atomic mass is 19.4. The zero-order valence-electron chi connectivity index (χ0n) is 14.7. The Morgan fingerprint density at radius 2 is 1.79 bits per heavy atom. The molecule has 9 heteroatoms. The van der Waals surface area contributed by atoms with Crippen molar-refractivity contribution in [2.24, 2.45) is 0 Å². The van der Waals surface area contributed by atoms with Crippen molar-refractivity contribution >= 4 is 17.6 Å². The summed E-state index contributed by atoms with van der Waals surface area (Å²) in [7, 11) is 0. The summed E-state index contributed by atoms with van der Waals surface area (Å²) in [6, 6.07) is 8.63. The molecular formula is C19H16F3NO5. The van der Waals surface area contributed by atoms with Crippen LogP contribution in [0.2, 0.25) is 0 Å². The van der Waals surface area contributed by atoms with Gasteiger partial charge in [0.2, 0.25) is 0 Å². The summed E-state index contributed by atoms with van der Waals surface area (Å²) < 4.78 is 54.1. The third-order valence-electron chi connectivity index (χ3n) is 3.89. The maximum Gasteiger partial charge on any atom is 0.416 e. The van der Waals surface area contributed by atoms with Crippen molar-refractivity contribution in [2.45, 2.75) is 19.2 Å². The number of halogens is 3. The van der Waals surface area contributed by atoms with Gasteiger partial charge in [-0.1, -0.05) is 6.07 Å². The fourth-order valence-electron chi connectivity index (χ4n) is 2.47. The minimum absolute atomic E-state index is 0.0537. The van der Waals surface area contributed by atoms with Crippen molar-refractivity contribution in [3.63, 3.8) is 0 Å².